The highest BCUT2D eigenvalue weighted by Crippen LogP contribution is 2.30. The fourth-order valence-corrected chi connectivity index (χ4v) is 4.92. The van der Waals surface area contributed by atoms with E-state index in [2.05, 4.69) is 21.2 Å². The number of anilines is 1. The number of amides is 2. The lowest BCUT2D eigenvalue weighted by Gasteiger charge is -2.30. The zero-order valence-electron chi connectivity index (χ0n) is 18.8. The van der Waals surface area contributed by atoms with Gasteiger partial charge in [-0.2, -0.15) is 0 Å². The summed E-state index contributed by atoms with van der Waals surface area (Å²) in [6, 6.07) is 15.9. The molecule has 1 aliphatic heterocycles. The van der Waals surface area contributed by atoms with E-state index in [9.17, 15) is 14.4 Å². The Hall–Kier alpha value is -4.02. The summed E-state index contributed by atoms with van der Waals surface area (Å²) in [6.07, 6.45) is 3.34. The lowest BCUT2D eigenvalue weighted by Crippen LogP contribution is -2.54. The SMILES string of the molecule is Cc1cc(Br)ccc1N1C(=O)/C(=C/c2cn(Cc3ccc(C(=O)O)o3)c3ccccc23)C(=O)NC1=S. The minimum absolute atomic E-state index is 0.0158. The standard InChI is InChI=1S/C26H18BrN3O5S/c1-14-10-16(27)6-8-20(14)30-24(32)19(23(31)28-26(30)36)11-15-12-29(21-5-3-2-4-18(15)21)13-17-7-9-22(35-17)25(33)34/h2-12H,13H2,1H3,(H,33,34)(H,28,31,36)/b19-11+. The number of carboxylic acid groups (broad SMARTS) is 1. The van der Waals surface area contributed by atoms with E-state index < -0.39 is 17.8 Å². The van der Waals surface area contributed by atoms with Gasteiger partial charge in [-0.05, 0) is 67.2 Å². The van der Waals surface area contributed by atoms with Gasteiger partial charge in [-0.3, -0.25) is 19.8 Å². The van der Waals surface area contributed by atoms with Gasteiger partial charge in [0.05, 0.1) is 12.2 Å². The van der Waals surface area contributed by atoms with Crippen molar-refractivity contribution >= 4 is 73.7 Å². The van der Waals surface area contributed by atoms with Gasteiger partial charge < -0.3 is 14.1 Å². The van der Waals surface area contributed by atoms with Gasteiger partial charge in [0, 0.05) is 27.1 Å². The molecule has 1 aliphatic rings. The molecule has 3 heterocycles. The number of benzene rings is 2. The Balaban J connectivity index is 1.56. The number of para-hydroxylation sites is 1. The molecule has 0 spiro atoms. The van der Waals surface area contributed by atoms with E-state index in [0.29, 0.717) is 17.0 Å². The fourth-order valence-electron chi connectivity index (χ4n) is 4.17. The number of rotatable bonds is 5. The molecular formula is C26H18BrN3O5S. The largest absolute Gasteiger partial charge is 0.475 e. The maximum absolute atomic E-state index is 13.5. The lowest BCUT2D eigenvalue weighted by molar-refractivity contribution is -0.122. The smallest absolute Gasteiger partial charge is 0.371 e. The molecule has 0 aliphatic carbocycles. The molecule has 2 aromatic carbocycles. The molecule has 10 heteroatoms. The van der Waals surface area contributed by atoms with E-state index in [0.717, 1.165) is 20.9 Å². The molecule has 0 radical (unpaired) electrons. The number of carbonyl (C=O) groups is 3. The molecule has 0 saturated carbocycles. The first-order valence-corrected chi connectivity index (χ1v) is 12.0. The first kappa shape index (κ1) is 23.7. The molecule has 2 N–H and O–H groups in total. The van der Waals surface area contributed by atoms with E-state index in [-0.39, 0.29) is 23.0 Å². The van der Waals surface area contributed by atoms with Crippen LogP contribution in [0.2, 0.25) is 0 Å². The number of carboxylic acids is 1. The molecule has 1 fully saturated rings. The average Bonchev–Trinajstić information content (AvgIpc) is 3.43. The molecule has 1 saturated heterocycles. The van der Waals surface area contributed by atoms with Crippen LogP contribution in [0.1, 0.15) is 27.4 Å². The van der Waals surface area contributed by atoms with Crippen LogP contribution >= 0.6 is 28.1 Å². The van der Waals surface area contributed by atoms with Crippen LogP contribution in [0, 0.1) is 6.92 Å². The Morgan fingerprint density at radius 1 is 1.17 bits per heavy atom. The molecule has 2 amide bonds. The third-order valence-electron chi connectivity index (χ3n) is 5.82. The van der Waals surface area contributed by atoms with E-state index in [4.69, 9.17) is 21.7 Å². The van der Waals surface area contributed by atoms with Gasteiger partial charge in [-0.25, -0.2) is 4.79 Å². The molecule has 2 aromatic heterocycles. The molecule has 180 valence electrons. The third kappa shape index (κ3) is 4.25. The van der Waals surface area contributed by atoms with E-state index in [1.807, 2.05) is 41.8 Å². The summed E-state index contributed by atoms with van der Waals surface area (Å²) < 4.78 is 8.14. The Kier molecular flexibility index (Phi) is 6.07. The summed E-state index contributed by atoms with van der Waals surface area (Å²) in [5.74, 6) is -1.93. The summed E-state index contributed by atoms with van der Waals surface area (Å²) in [7, 11) is 0. The number of aryl methyl sites for hydroxylation is 1. The van der Waals surface area contributed by atoms with E-state index >= 15 is 0 Å². The van der Waals surface area contributed by atoms with Crippen molar-refractivity contribution in [2.45, 2.75) is 13.5 Å². The summed E-state index contributed by atoms with van der Waals surface area (Å²) in [5.41, 5.74) is 2.81. The minimum atomic E-state index is -1.14. The van der Waals surface area contributed by atoms with Crippen molar-refractivity contribution in [2.24, 2.45) is 0 Å². The maximum atomic E-state index is 13.5. The Morgan fingerprint density at radius 2 is 1.94 bits per heavy atom. The number of carbonyl (C=O) groups excluding carboxylic acids is 2. The van der Waals surface area contributed by atoms with Gasteiger partial charge in [0.1, 0.15) is 11.3 Å². The molecule has 0 bridgehead atoms. The van der Waals surface area contributed by atoms with Crippen molar-refractivity contribution in [3.63, 3.8) is 0 Å². The average molecular weight is 564 g/mol. The van der Waals surface area contributed by atoms with Crippen LogP contribution in [0.5, 0.6) is 0 Å². The van der Waals surface area contributed by atoms with Crippen LogP contribution < -0.4 is 10.2 Å². The van der Waals surface area contributed by atoms with Crippen molar-refractivity contribution in [2.75, 3.05) is 4.90 Å². The summed E-state index contributed by atoms with van der Waals surface area (Å²) in [5, 5.41) is 12.6. The molecule has 4 aromatic rings. The lowest BCUT2D eigenvalue weighted by atomic mass is 10.1. The number of aromatic nitrogens is 1. The zero-order valence-corrected chi connectivity index (χ0v) is 21.2. The van der Waals surface area contributed by atoms with Gasteiger partial charge in [0.15, 0.2) is 5.11 Å². The quantitative estimate of drug-likeness (QED) is 0.203. The molecule has 5 rings (SSSR count). The first-order valence-electron chi connectivity index (χ1n) is 10.8. The van der Waals surface area contributed by atoms with Crippen LogP contribution in [-0.2, 0) is 16.1 Å². The second-order valence-electron chi connectivity index (χ2n) is 8.19. The van der Waals surface area contributed by atoms with Crippen LogP contribution in [0.25, 0.3) is 17.0 Å². The molecule has 0 unspecified atom stereocenters. The Bertz CT molecular complexity index is 1620. The minimum Gasteiger partial charge on any atom is -0.475 e. The zero-order chi connectivity index (χ0) is 25.6. The van der Waals surface area contributed by atoms with Gasteiger partial charge in [0.25, 0.3) is 11.8 Å². The highest BCUT2D eigenvalue weighted by Gasteiger charge is 2.35. The number of nitrogens with zero attached hydrogens (tertiary/aromatic N) is 2. The topological polar surface area (TPSA) is 105 Å². The molecular weight excluding hydrogens is 546 g/mol. The van der Waals surface area contributed by atoms with Crippen molar-refractivity contribution < 1.29 is 23.9 Å². The number of aromatic carboxylic acids is 1. The van der Waals surface area contributed by atoms with Crippen LogP contribution in [-0.4, -0.2) is 32.6 Å². The first-order chi connectivity index (χ1) is 17.2. The van der Waals surface area contributed by atoms with Gasteiger partial charge >= 0.3 is 5.97 Å². The monoisotopic (exact) mass is 563 g/mol. The Morgan fingerprint density at radius 3 is 2.67 bits per heavy atom. The summed E-state index contributed by atoms with van der Waals surface area (Å²) >= 11 is 8.74. The number of thiocarbonyl (C=S) groups is 1. The molecule has 8 nitrogen and oxygen atoms in total. The molecule has 36 heavy (non-hydrogen) atoms. The van der Waals surface area contributed by atoms with Gasteiger partial charge in [-0.15, -0.1) is 0 Å². The summed E-state index contributed by atoms with van der Waals surface area (Å²) in [6.45, 7) is 2.12. The number of hydrogen-bond donors (Lipinski definition) is 2. The second kappa shape index (κ2) is 9.21. The van der Waals surface area contributed by atoms with Crippen molar-refractivity contribution in [3.8, 4) is 0 Å². The summed E-state index contributed by atoms with van der Waals surface area (Å²) in [4.78, 5) is 38.8. The second-order valence-corrected chi connectivity index (χ2v) is 9.49. The van der Waals surface area contributed by atoms with E-state index in [1.54, 1.807) is 30.5 Å². The number of furan rings is 1. The van der Waals surface area contributed by atoms with Gasteiger partial charge in [0.2, 0.25) is 5.76 Å². The normalized spacial score (nSPS) is 15.1. The fraction of sp³-hybridized carbons (Fsp3) is 0.0769. The maximum Gasteiger partial charge on any atom is 0.371 e. The molecule has 0 atom stereocenters. The van der Waals surface area contributed by atoms with E-state index in [1.165, 1.54) is 11.0 Å². The van der Waals surface area contributed by atoms with Crippen molar-refractivity contribution in [3.05, 3.63) is 93.5 Å². The van der Waals surface area contributed by atoms with Crippen molar-refractivity contribution in [1.29, 1.82) is 0 Å². The van der Waals surface area contributed by atoms with Crippen LogP contribution in [0.3, 0.4) is 0 Å². The highest BCUT2D eigenvalue weighted by molar-refractivity contribution is 9.10. The third-order valence-corrected chi connectivity index (χ3v) is 6.60. The number of halogens is 1. The van der Waals surface area contributed by atoms with Crippen molar-refractivity contribution in [1.82, 2.24) is 9.88 Å². The highest BCUT2D eigenvalue weighted by atomic mass is 79.9. The Labute approximate surface area is 218 Å². The van der Waals surface area contributed by atoms with Gasteiger partial charge in [-0.1, -0.05) is 34.1 Å². The number of hydrogen-bond acceptors (Lipinski definition) is 5. The number of fused-ring (bicyclic) bond motifs is 1. The predicted octanol–water partition coefficient (Wildman–Crippen LogP) is 4.88. The predicted molar refractivity (Wildman–Crippen MR) is 142 cm³/mol. The van der Waals surface area contributed by atoms with Crippen LogP contribution in [0.4, 0.5) is 5.69 Å². The number of nitrogens with one attached hydrogen (secondary N) is 1. The van der Waals surface area contributed by atoms with Crippen LogP contribution in [0.15, 0.2) is 75.3 Å².